The summed E-state index contributed by atoms with van der Waals surface area (Å²) in [6, 6.07) is 7.68. The van der Waals surface area contributed by atoms with Crippen LogP contribution in [0.4, 0.5) is 0 Å². The maximum atomic E-state index is 16.4. The number of ether oxygens (including phenoxy) is 7. The molecular weight excluding hydrogens is 1700 g/mol. The monoisotopic (exact) mass is 1810 g/mol. The molecule has 0 aromatic heterocycles. The summed E-state index contributed by atoms with van der Waals surface area (Å²) in [5, 5.41) is 133. The standard InChI is InChI=1S/C88H112Cl2N12O25/c1-9-10-11-12-13-14-28-121-50-21-16-44(17-22-50)39-93-40-65(108)101-88(5)38-66(122-43(4)79(88)113)126-78-76(112)75(111)63(41-103)125-87(78)127-77-61-33-48-34-62(77)124-60-25-20-47(32-54(60)90)74(110)72-86(120)98-70(82(116)94-26-15-27-102(7)8)52-35-49(104)36-58(106)67(52)51-30-45(18-23-57(51)105)68(83(117)100-72)97-84(118)69(48)96-81(115)56(37-64(91)107)95-85(119)71(99-80(114)55(92-6)29-42(2)3)73(109)46-19-24-59(123-61)53(89)31-46/h16-25,30-36,42-43,55-56,63,66,68-76,78-79,87,92-93,103-106,109-113H,9-15,26-29,37-41H2,1-8H3,(H2,91,107)(H,94,116)(H,95,119)(H,96,115)(H,97,118)(H,98,120)(H,99,114)(H,100,117)(H,101,108)/t43-,55+,56-,63+,66-,68+,69+,70-,71+,72-,73+,74+,75+,76-,78+,79+,87-,88-/m0/s1. The molecule has 0 spiro atoms. The fourth-order valence-electron chi connectivity index (χ4n) is 15.8. The number of carbonyl (C=O) groups is 9. The quantitative estimate of drug-likeness (QED) is 0.0285. The number of phenolic OH excluding ortho intramolecular Hbond substituents is 3. The minimum absolute atomic E-state index is 0.00413. The molecule has 13 rings (SSSR count). The fourth-order valence-corrected chi connectivity index (χ4v) is 16.2. The molecule has 7 aliphatic rings. The van der Waals surface area contributed by atoms with Gasteiger partial charge in [-0.25, -0.2) is 0 Å². The number of nitrogens with two attached hydrogens (primary N) is 1. The van der Waals surface area contributed by atoms with E-state index in [1.807, 2.05) is 43.0 Å². The third-order valence-electron chi connectivity index (χ3n) is 22.6. The molecule has 6 aromatic rings. The molecule has 2 saturated heterocycles. The lowest BCUT2D eigenvalue weighted by atomic mass is 9.85. The molecule has 37 nitrogen and oxygen atoms in total. The van der Waals surface area contributed by atoms with Crippen molar-refractivity contribution in [2.75, 3.05) is 54.0 Å². The summed E-state index contributed by atoms with van der Waals surface area (Å²) in [5.74, 6) is -14.7. The molecule has 11 bridgehead atoms. The number of aliphatic hydroxyl groups excluding tert-OH is 6. The second-order valence-corrected chi connectivity index (χ2v) is 34.0. The van der Waals surface area contributed by atoms with Gasteiger partial charge in [-0.2, -0.15) is 0 Å². The van der Waals surface area contributed by atoms with Crippen molar-refractivity contribution in [2.45, 2.75) is 215 Å². The number of unbranched alkanes of at least 4 members (excludes halogenated alkanes) is 5. The van der Waals surface area contributed by atoms with Crippen molar-refractivity contribution in [3.05, 3.63) is 147 Å². The topological polar surface area (TPSA) is 550 Å². The van der Waals surface area contributed by atoms with Crippen LogP contribution in [0.5, 0.6) is 51.7 Å². The van der Waals surface area contributed by atoms with Crippen LogP contribution in [0.1, 0.15) is 163 Å². The zero-order chi connectivity index (χ0) is 92.0. The summed E-state index contributed by atoms with van der Waals surface area (Å²) in [7, 11) is 5.07. The lowest BCUT2D eigenvalue weighted by Gasteiger charge is -2.48. The molecule has 21 N–H and O–H groups in total. The molecule has 7 heterocycles. The van der Waals surface area contributed by atoms with E-state index >= 15 is 24.0 Å². The summed E-state index contributed by atoms with van der Waals surface area (Å²) in [6.45, 7) is 8.90. The number of aromatic hydroxyl groups is 3. The number of hydrogen-bond acceptors (Lipinski definition) is 28. The van der Waals surface area contributed by atoms with E-state index in [9.17, 15) is 65.1 Å². The number of aliphatic hydroxyl groups is 6. The van der Waals surface area contributed by atoms with Gasteiger partial charge in [-0.1, -0.05) is 106 Å². The first-order valence-electron chi connectivity index (χ1n) is 42.1. The predicted molar refractivity (Wildman–Crippen MR) is 459 cm³/mol. The molecule has 2 fully saturated rings. The van der Waals surface area contributed by atoms with E-state index in [2.05, 4.69) is 60.1 Å². The van der Waals surface area contributed by atoms with Gasteiger partial charge in [-0.05, 0) is 167 Å². The Kier molecular flexibility index (Phi) is 33.1. The number of primary amides is 1. The first kappa shape index (κ1) is 96.9. The number of hydrogen-bond donors (Lipinski definition) is 20. The highest BCUT2D eigenvalue weighted by molar-refractivity contribution is 6.32. The highest BCUT2D eigenvalue weighted by Crippen LogP contribution is 2.50. The predicted octanol–water partition coefficient (Wildman–Crippen LogP) is 3.78. The van der Waals surface area contributed by atoms with E-state index in [1.165, 1.54) is 51.9 Å². The van der Waals surface area contributed by atoms with Crippen LogP contribution in [0, 0.1) is 5.92 Å². The van der Waals surface area contributed by atoms with Crippen LogP contribution in [-0.2, 0) is 63.9 Å². The number of phenols is 3. The Morgan fingerprint density at radius 2 is 1.33 bits per heavy atom. The Hall–Kier alpha value is -10.8. The van der Waals surface area contributed by atoms with Crippen molar-refractivity contribution < 1.29 is 122 Å². The van der Waals surface area contributed by atoms with Gasteiger partial charge in [0.15, 0.2) is 23.9 Å². The Labute approximate surface area is 742 Å². The van der Waals surface area contributed by atoms with Crippen molar-refractivity contribution in [1.29, 1.82) is 0 Å². The maximum absolute atomic E-state index is 16.4. The fraction of sp³-hybridized carbons (Fsp3) is 0.489. The van der Waals surface area contributed by atoms with Gasteiger partial charge in [0.1, 0.15) is 107 Å². The van der Waals surface area contributed by atoms with Crippen molar-refractivity contribution in [1.82, 2.24) is 58.1 Å². The van der Waals surface area contributed by atoms with Gasteiger partial charge in [-0.15, -0.1) is 0 Å². The molecule has 6 aromatic carbocycles. The van der Waals surface area contributed by atoms with Crippen LogP contribution in [0.15, 0.2) is 103 Å². The maximum Gasteiger partial charge on any atom is 0.248 e. The van der Waals surface area contributed by atoms with Gasteiger partial charge in [-0.3, -0.25) is 43.2 Å². The SMILES string of the molecule is CCCCCCCCOc1ccc(CNCC(=O)N[C@@]2(C)C[C@H](O[C@H]3[C@H](Oc4c5cc6cc4Oc4ccc(cc4Cl)[C@@H](O)[C@@H](NC(=O)[C@@H](CC(C)C)NC)C(=O)N[C@@H](CC(N)=O)C(=O)N[C@H]6C(=O)N[C@H]4C(=O)N[C@H](C(=O)N[C@H](C(=O)NCCCN(C)C)c6cc(O)cc(O)c6-c6cc4ccc6O)[C@H](O)c4ccc(c(Cl)c4)O5)O[C@H](CO)[C@@H](O)[C@@H]3O)O[C@@H](C)[C@H]2O)cc1. The molecular formula is C88H112Cl2N12O25. The van der Waals surface area contributed by atoms with Crippen LogP contribution < -0.4 is 77.8 Å². The van der Waals surface area contributed by atoms with Gasteiger partial charge < -0.3 is 143 Å². The highest BCUT2D eigenvalue weighted by Gasteiger charge is 2.53. The molecule has 7 aliphatic heterocycles. The smallest absolute Gasteiger partial charge is 0.248 e. The lowest BCUT2D eigenvalue weighted by Crippen LogP contribution is -2.66. The zero-order valence-electron chi connectivity index (χ0n) is 71.4. The lowest BCUT2D eigenvalue weighted by molar-refractivity contribution is -0.334. The van der Waals surface area contributed by atoms with Gasteiger partial charge in [0.05, 0.1) is 53.9 Å². The number of nitrogens with zero attached hydrogens (tertiary/aromatic N) is 1. The minimum atomic E-state index is -2.37. The molecule has 0 radical (unpaired) electrons. The Bertz CT molecular complexity index is 4960. The van der Waals surface area contributed by atoms with E-state index in [0.29, 0.717) is 25.3 Å². The van der Waals surface area contributed by atoms with Crippen LogP contribution in [0.2, 0.25) is 10.0 Å². The number of nitrogens with one attached hydrogen (secondary N) is 10. The number of fused-ring (bicyclic) bond motifs is 15. The number of benzene rings is 6. The Balaban J connectivity index is 1.05. The van der Waals surface area contributed by atoms with Gasteiger partial charge in [0, 0.05) is 36.7 Å². The molecule has 0 aliphatic carbocycles. The van der Waals surface area contributed by atoms with Crippen molar-refractivity contribution in [3.8, 4) is 62.9 Å². The summed E-state index contributed by atoms with van der Waals surface area (Å²) >= 11 is 14.4. The van der Waals surface area contributed by atoms with Crippen LogP contribution in [0.3, 0.4) is 0 Å². The largest absolute Gasteiger partial charge is 0.508 e. The minimum Gasteiger partial charge on any atom is -0.508 e. The van der Waals surface area contributed by atoms with E-state index in [0.717, 1.165) is 91.9 Å². The van der Waals surface area contributed by atoms with E-state index in [1.54, 1.807) is 14.1 Å². The number of carbonyl (C=O) groups excluding carboxylic acids is 9. The third-order valence-corrected chi connectivity index (χ3v) is 23.2. The summed E-state index contributed by atoms with van der Waals surface area (Å²) < 4.78 is 45.4. The zero-order valence-corrected chi connectivity index (χ0v) is 72.9. The van der Waals surface area contributed by atoms with Crippen molar-refractivity contribution in [2.24, 2.45) is 11.7 Å². The summed E-state index contributed by atoms with van der Waals surface area (Å²) in [5.41, 5.74) is 2.74. The second-order valence-electron chi connectivity index (χ2n) is 33.1. The van der Waals surface area contributed by atoms with Gasteiger partial charge in [0.2, 0.25) is 65.2 Å². The Morgan fingerprint density at radius 3 is 1.97 bits per heavy atom. The molecule has 688 valence electrons. The molecule has 39 heteroatoms. The molecule has 0 saturated carbocycles. The van der Waals surface area contributed by atoms with Gasteiger partial charge >= 0.3 is 0 Å². The number of rotatable bonds is 30. The highest BCUT2D eigenvalue weighted by atomic mass is 35.5. The molecule has 0 unspecified atom stereocenters. The third kappa shape index (κ3) is 24.0. The van der Waals surface area contributed by atoms with Crippen molar-refractivity contribution >= 4 is 76.4 Å². The number of likely N-dealkylation sites (N-methyl/N-ethyl adjacent to an activating group) is 1. The van der Waals surface area contributed by atoms with Crippen molar-refractivity contribution in [3.63, 3.8) is 0 Å². The first-order valence-corrected chi connectivity index (χ1v) is 42.8. The number of halogens is 2. The normalized spacial score (nSPS) is 25.8. The summed E-state index contributed by atoms with van der Waals surface area (Å²) in [4.78, 5) is 136. The molecule has 18 atom stereocenters. The first-order chi connectivity index (χ1) is 60.5. The van der Waals surface area contributed by atoms with Crippen LogP contribution in [-0.4, -0.2) is 237 Å². The van der Waals surface area contributed by atoms with E-state index in [-0.39, 0.29) is 77.0 Å². The molecule has 127 heavy (non-hydrogen) atoms. The van der Waals surface area contributed by atoms with Crippen LogP contribution >= 0.6 is 23.2 Å². The number of amides is 9. The van der Waals surface area contributed by atoms with Crippen LogP contribution in [0.25, 0.3) is 11.1 Å². The second kappa shape index (κ2) is 43.4. The average Bonchev–Trinajstić information content (AvgIpc) is 0.764. The van der Waals surface area contributed by atoms with E-state index < -0.39 is 232 Å². The average molecular weight is 1810 g/mol. The molecule has 9 amide bonds. The van der Waals surface area contributed by atoms with E-state index in [4.69, 9.17) is 62.1 Å². The Morgan fingerprint density at radius 1 is 0.693 bits per heavy atom. The summed E-state index contributed by atoms with van der Waals surface area (Å²) in [6.07, 6.45) is -12.5. The van der Waals surface area contributed by atoms with Gasteiger partial charge in [0.25, 0.3) is 0 Å².